The average Bonchev–Trinajstić information content (AvgIpc) is 2.84. The maximum absolute atomic E-state index is 12.1. The fourth-order valence-corrected chi connectivity index (χ4v) is 2.59. The maximum atomic E-state index is 12.1. The van der Waals surface area contributed by atoms with E-state index in [1.54, 1.807) is 30.5 Å². The smallest absolute Gasteiger partial charge is 0.267 e. The Morgan fingerprint density at radius 1 is 1.26 bits per heavy atom. The molecular weight excluding hydrogens is 282 g/mol. The van der Waals surface area contributed by atoms with Crippen molar-refractivity contribution < 1.29 is 0 Å². The first-order valence-corrected chi connectivity index (χ1v) is 6.69. The van der Waals surface area contributed by atoms with E-state index < -0.39 is 0 Å². The Balaban J connectivity index is 2.04. The molecule has 2 heterocycles. The van der Waals surface area contributed by atoms with Crippen LogP contribution in [0.2, 0.25) is 4.34 Å². The van der Waals surface area contributed by atoms with E-state index in [0.29, 0.717) is 15.2 Å². The number of benzene rings is 1. The summed E-state index contributed by atoms with van der Waals surface area (Å²) in [5.41, 5.74) is 0.475. The normalized spacial score (nSPS) is 11.4. The second-order valence-electron chi connectivity index (χ2n) is 3.80. The molecule has 6 heteroatoms. The zero-order chi connectivity index (χ0) is 13.2. The van der Waals surface area contributed by atoms with Crippen LogP contribution in [0.1, 0.15) is 4.88 Å². The number of thiophene rings is 1. The van der Waals surface area contributed by atoms with Crippen LogP contribution in [0.4, 0.5) is 0 Å². The van der Waals surface area contributed by atoms with Crippen LogP contribution >= 0.6 is 22.9 Å². The van der Waals surface area contributed by atoms with Gasteiger partial charge >= 0.3 is 0 Å². The van der Waals surface area contributed by atoms with E-state index in [9.17, 15) is 4.79 Å². The Labute approximate surface area is 117 Å². The number of nitrogens with zero attached hydrogens (tertiary/aromatic N) is 3. The highest BCUT2D eigenvalue weighted by Crippen LogP contribution is 2.19. The van der Waals surface area contributed by atoms with Crippen LogP contribution in [0, 0.1) is 0 Å². The minimum atomic E-state index is -0.190. The molecule has 19 heavy (non-hydrogen) atoms. The van der Waals surface area contributed by atoms with Crippen molar-refractivity contribution in [2.24, 2.45) is 5.10 Å². The van der Waals surface area contributed by atoms with Crippen molar-refractivity contribution in [3.8, 4) is 0 Å². The molecule has 0 bridgehead atoms. The molecule has 0 saturated carbocycles. The summed E-state index contributed by atoms with van der Waals surface area (Å²) in [5, 5.41) is 4.66. The first-order chi connectivity index (χ1) is 9.24. The molecule has 0 aliphatic rings. The monoisotopic (exact) mass is 289 g/mol. The van der Waals surface area contributed by atoms with Gasteiger partial charge in [0, 0.05) is 4.88 Å². The third-order valence-electron chi connectivity index (χ3n) is 2.55. The number of fused-ring (bicyclic) bond motifs is 1. The molecule has 0 radical (unpaired) electrons. The first kappa shape index (κ1) is 12.1. The van der Waals surface area contributed by atoms with Gasteiger partial charge in [0.25, 0.3) is 5.56 Å². The SMILES string of the molecule is O=c1c2ccccc2ncn1/N=C/c1ccc(Cl)s1. The summed E-state index contributed by atoms with van der Waals surface area (Å²) in [6.07, 6.45) is 3.00. The Morgan fingerprint density at radius 2 is 2.11 bits per heavy atom. The predicted molar refractivity (Wildman–Crippen MR) is 78.3 cm³/mol. The van der Waals surface area contributed by atoms with E-state index in [4.69, 9.17) is 11.6 Å². The van der Waals surface area contributed by atoms with Crippen molar-refractivity contribution in [2.75, 3.05) is 0 Å². The van der Waals surface area contributed by atoms with E-state index in [0.717, 1.165) is 4.88 Å². The van der Waals surface area contributed by atoms with E-state index in [1.165, 1.54) is 22.3 Å². The van der Waals surface area contributed by atoms with Crippen molar-refractivity contribution in [1.29, 1.82) is 0 Å². The van der Waals surface area contributed by atoms with Gasteiger partial charge < -0.3 is 0 Å². The summed E-state index contributed by atoms with van der Waals surface area (Å²) in [7, 11) is 0. The van der Waals surface area contributed by atoms with Crippen LogP contribution in [-0.2, 0) is 0 Å². The van der Waals surface area contributed by atoms with Gasteiger partial charge in [-0.25, -0.2) is 4.98 Å². The lowest BCUT2D eigenvalue weighted by molar-refractivity contribution is 0.817. The number of halogens is 1. The minimum absolute atomic E-state index is 0.190. The summed E-state index contributed by atoms with van der Waals surface area (Å²) >= 11 is 7.22. The van der Waals surface area contributed by atoms with Gasteiger partial charge in [0.2, 0.25) is 0 Å². The molecular formula is C13H8ClN3OS. The van der Waals surface area contributed by atoms with E-state index in [2.05, 4.69) is 10.1 Å². The second-order valence-corrected chi connectivity index (χ2v) is 5.54. The van der Waals surface area contributed by atoms with Crippen LogP contribution in [0.25, 0.3) is 10.9 Å². The van der Waals surface area contributed by atoms with Crippen LogP contribution in [-0.4, -0.2) is 15.9 Å². The van der Waals surface area contributed by atoms with Crippen molar-refractivity contribution in [1.82, 2.24) is 9.66 Å². The number of aromatic nitrogens is 2. The van der Waals surface area contributed by atoms with Crippen molar-refractivity contribution in [3.05, 3.63) is 62.3 Å². The zero-order valence-corrected chi connectivity index (χ0v) is 11.2. The summed E-state index contributed by atoms with van der Waals surface area (Å²) in [4.78, 5) is 17.2. The molecule has 0 aliphatic carbocycles. The highest BCUT2D eigenvalue weighted by molar-refractivity contribution is 7.17. The molecule has 0 N–H and O–H groups in total. The largest absolute Gasteiger partial charge is 0.281 e. The summed E-state index contributed by atoms with van der Waals surface area (Å²) in [6.45, 7) is 0. The maximum Gasteiger partial charge on any atom is 0.281 e. The van der Waals surface area contributed by atoms with Crippen LogP contribution < -0.4 is 5.56 Å². The number of rotatable bonds is 2. The Morgan fingerprint density at radius 3 is 2.89 bits per heavy atom. The van der Waals surface area contributed by atoms with Crippen LogP contribution in [0.3, 0.4) is 0 Å². The average molecular weight is 290 g/mol. The number of hydrogen-bond acceptors (Lipinski definition) is 4. The molecule has 94 valence electrons. The molecule has 0 atom stereocenters. The second kappa shape index (κ2) is 4.95. The molecule has 0 amide bonds. The lowest BCUT2D eigenvalue weighted by Crippen LogP contribution is -2.16. The number of para-hydroxylation sites is 1. The molecule has 1 aromatic carbocycles. The molecule has 0 saturated heterocycles. The molecule has 3 rings (SSSR count). The van der Waals surface area contributed by atoms with Crippen molar-refractivity contribution >= 4 is 40.1 Å². The predicted octanol–water partition coefficient (Wildman–Crippen LogP) is 2.99. The third-order valence-corrected chi connectivity index (χ3v) is 3.72. The molecule has 4 nitrogen and oxygen atoms in total. The van der Waals surface area contributed by atoms with Gasteiger partial charge in [-0.2, -0.15) is 9.78 Å². The van der Waals surface area contributed by atoms with Crippen molar-refractivity contribution in [2.45, 2.75) is 0 Å². The standard InChI is InChI=1S/C13H8ClN3OS/c14-12-6-5-9(19-12)7-16-17-8-15-11-4-2-1-3-10(11)13(17)18/h1-8H/b16-7+. The van der Waals surface area contributed by atoms with Gasteiger partial charge in [0.1, 0.15) is 6.33 Å². The molecule has 0 fully saturated rings. The van der Waals surface area contributed by atoms with Gasteiger partial charge in [-0.3, -0.25) is 4.79 Å². The third kappa shape index (κ3) is 2.43. The van der Waals surface area contributed by atoms with E-state index in [-0.39, 0.29) is 5.56 Å². The quantitative estimate of drug-likeness (QED) is 0.681. The minimum Gasteiger partial charge on any atom is -0.267 e. The first-order valence-electron chi connectivity index (χ1n) is 5.50. The molecule has 0 aliphatic heterocycles. The number of hydrogen-bond donors (Lipinski definition) is 0. The highest BCUT2D eigenvalue weighted by atomic mass is 35.5. The Hall–Kier alpha value is -1.98. The van der Waals surface area contributed by atoms with Crippen LogP contribution in [0.5, 0.6) is 0 Å². The molecule has 0 spiro atoms. The molecule has 2 aromatic heterocycles. The molecule has 3 aromatic rings. The fourth-order valence-electron chi connectivity index (χ4n) is 1.66. The Kier molecular flexibility index (Phi) is 3.15. The lowest BCUT2D eigenvalue weighted by atomic mass is 10.2. The summed E-state index contributed by atoms with van der Waals surface area (Å²) < 4.78 is 1.90. The lowest BCUT2D eigenvalue weighted by Gasteiger charge is -1.99. The summed E-state index contributed by atoms with van der Waals surface area (Å²) in [6, 6.07) is 10.8. The van der Waals surface area contributed by atoms with Crippen molar-refractivity contribution in [3.63, 3.8) is 0 Å². The zero-order valence-electron chi connectivity index (χ0n) is 9.65. The van der Waals surface area contributed by atoms with Crippen LogP contribution in [0.15, 0.2) is 52.6 Å². The molecule has 0 unspecified atom stereocenters. The Bertz CT molecular complexity index is 822. The van der Waals surface area contributed by atoms with Gasteiger partial charge in [0.15, 0.2) is 0 Å². The summed E-state index contributed by atoms with van der Waals surface area (Å²) in [5.74, 6) is 0. The van der Waals surface area contributed by atoms with Gasteiger partial charge in [0.05, 0.1) is 21.5 Å². The van der Waals surface area contributed by atoms with Gasteiger partial charge in [-0.05, 0) is 24.3 Å². The van der Waals surface area contributed by atoms with Gasteiger partial charge in [-0.15, -0.1) is 11.3 Å². The van der Waals surface area contributed by atoms with E-state index in [1.807, 2.05) is 12.1 Å². The van der Waals surface area contributed by atoms with E-state index >= 15 is 0 Å². The highest BCUT2D eigenvalue weighted by Gasteiger charge is 2.01. The fraction of sp³-hybridized carbons (Fsp3) is 0. The topological polar surface area (TPSA) is 47.2 Å². The van der Waals surface area contributed by atoms with Gasteiger partial charge in [-0.1, -0.05) is 23.7 Å².